The zero-order valence-corrected chi connectivity index (χ0v) is 16.4. The van der Waals surface area contributed by atoms with E-state index in [1.54, 1.807) is 23.1 Å². The molecule has 1 aliphatic heterocycles. The molecular formula is C19H22ClN3O3S. The molecule has 1 N–H and O–H groups in total. The number of hydrogen-bond donors (Lipinski definition) is 1. The van der Waals surface area contributed by atoms with Crippen LogP contribution in [0.25, 0.3) is 0 Å². The highest BCUT2D eigenvalue weighted by Crippen LogP contribution is 2.24. The van der Waals surface area contributed by atoms with Crippen LogP contribution in [0.4, 0.5) is 4.79 Å². The molecule has 0 radical (unpaired) electrons. The largest absolute Gasteiger partial charge is 0.338 e. The summed E-state index contributed by atoms with van der Waals surface area (Å²) >= 11 is 6.03. The van der Waals surface area contributed by atoms with E-state index in [9.17, 15) is 13.2 Å². The number of amides is 2. The van der Waals surface area contributed by atoms with Gasteiger partial charge in [-0.25, -0.2) is 13.2 Å². The lowest BCUT2D eigenvalue weighted by atomic mass is 10.1. The van der Waals surface area contributed by atoms with Gasteiger partial charge in [0.05, 0.1) is 5.02 Å². The van der Waals surface area contributed by atoms with E-state index < -0.39 is 10.0 Å². The first-order valence-electron chi connectivity index (χ1n) is 8.80. The Morgan fingerprint density at radius 3 is 2.26 bits per heavy atom. The molecular weight excluding hydrogens is 386 g/mol. The van der Waals surface area contributed by atoms with Gasteiger partial charge in [-0.3, -0.25) is 0 Å². The van der Waals surface area contributed by atoms with Crippen molar-refractivity contribution < 1.29 is 13.2 Å². The molecule has 0 atom stereocenters. The van der Waals surface area contributed by atoms with Gasteiger partial charge < -0.3 is 10.2 Å². The standard InChI is InChI=1S/C19H22ClN3O3S/c20-17-8-4-5-9-18(17)27(25,26)23-14-12-22(13-15-23)19(24)21-11-10-16-6-2-1-3-7-16/h1-9H,10-15H2,(H,21,24). The number of urea groups is 1. The van der Waals surface area contributed by atoms with Crippen molar-refractivity contribution in [2.45, 2.75) is 11.3 Å². The van der Waals surface area contributed by atoms with Crippen molar-refractivity contribution in [3.05, 3.63) is 65.2 Å². The van der Waals surface area contributed by atoms with Gasteiger partial charge in [0.1, 0.15) is 4.90 Å². The monoisotopic (exact) mass is 407 g/mol. The SMILES string of the molecule is O=C(NCCc1ccccc1)N1CCN(S(=O)(=O)c2ccccc2Cl)CC1. The summed E-state index contributed by atoms with van der Waals surface area (Å²) < 4.78 is 26.8. The minimum atomic E-state index is -3.65. The van der Waals surface area contributed by atoms with Gasteiger partial charge in [-0.2, -0.15) is 4.31 Å². The van der Waals surface area contributed by atoms with E-state index in [0.29, 0.717) is 19.6 Å². The van der Waals surface area contributed by atoms with Crippen LogP contribution in [0.5, 0.6) is 0 Å². The Morgan fingerprint density at radius 1 is 0.963 bits per heavy atom. The maximum Gasteiger partial charge on any atom is 0.317 e. The van der Waals surface area contributed by atoms with Gasteiger partial charge in [0.2, 0.25) is 10.0 Å². The molecule has 1 aliphatic rings. The van der Waals surface area contributed by atoms with E-state index in [4.69, 9.17) is 11.6 Å². The van der Waals surface area contributed by atoms with Crippen molar-refractivity contribution in [2.24, 2.45) is 0 Å². The molecule has 1 heterocycles. The van der Waals surface area contributed by atoms with Crippen molar-refractivity contribution in [3.8, 4) is 0 Å². The molecule has 8 heteroatoms. The quantitative estimate of drug-likeness (QED) is 0.828. The molecule has 1 saturated heterocycles. The summed E-state index contributed by atoms with van der Waals surface area (Å²) in [6, 6.07) is 16.2. The summed E-state index contributed by atoms with van der Waals surface area (Å²) in [5.41, 5.74) is 1.16. The number of carbonyl (C=O) groups excluding carboxylic acids is 1. The van der Waals surface area contributed by atoms with Crippen LogP contribution in [0.15, 0.2) is 59.5 Å². The van der Waals surface area contributed by atoms with Crippen molar-refractivity contribution in [1.29, 1.82) is 0 Å². The fourth-order valence-corrected chi connectivity index (χ4v) is 4.91. The van der Waals surface area contributed by atoms with E-state index in [0.717, 1.165) is 12.0 Å². The first-order valence-corrected chi connectivity index (χ1v) is 10.6. The van der Waals surface area contributed by atoms with Crippen LogP contribution in [0, 0.1) is 0 Å². The number of carbonyl (C=O) groups is 1. The zero-order valence-electron chi connectivity index (χ0n) is 14.8. The Hall–Kier alpha value is -2.09. The van der Waals surface area contributed by atoms with Crippen LogP contribution in [-0.2, 0) is 16.4 Å². The lowest BCUT2D eigenvalue weighted by Crippen LogP contribution is -2.53. The third-order valence-electron chi connectivity index (χ3n) is 4.51. The molecule has 0 saturated carbocycles. The molecule has 3 rings (SSSR count). The Balaban J connectivity index is 1.51. The predicted octanol–water partition coefficient (Wildman–Crippen LogP) is 2.60. The molecule has 144 valence electrons. The molecule has 2 aromatic carbocycles. The highest BCUT2D eigenvalue weighted by atomic mass is 35.5. The van der Waals surface area contributed by atoms with Gasteiger partial charge in [-0.05, 0) is 24.1 Å². The minimum absolute atomic E-state index is 0.104. The van der Waals surface area contributed by atoms with Gasteiger partial charge in [0.25, 0.3) is 0 Å². The first-order chi connectivity index (χ1) is 13.0. The fraction of sp³-hybridized carbons (Fsp3) is 0.316. The summed E-state index contributed by atoms with van der Waals surface area (Å²) in [6.45, 7) is 1.74. The van der Waals surface area contributed by atoms with Crippen LogP contribution < -0.4 is 5.32 Å². The van der Waals surface area contributed by atoms with Crippen LogP contribution >= 0.6 is 11.6 Å². The average molecular weight is 408 g/mol. The number of piperazine rings is 1. The molecule has 0 aliphatic carbocycles. The van der Waals surface area contributed by atoms with Crippen LogP contribution in [0.1, 0.15) is 5.56 Å². The molecule has 27 heavy (non-hydrogen) atoms. The van der Waals surface area contributed by atoms with E-state index in [1.807, 2.05) is 30.3 Å². The Bertz CT molecular complexity index is 882. The Kier molecular flexibility index (Phi) is 6.36. The fourth-order valence-electron chi connectivity index (χ4n) is 2.99. The van der Waals surface area contributed by atoms with E-state index >= 15 is 0 Å². The second-order valence-electron chi connectivity index (χ2n) is 6.29. The molecule has 0 bridgehead atoms. The lowest BCUT2D eigenvalue weighted by Gasteiger charge is -2.34. The summed E-state index contributed by atoms with van der Waals surface area (Å²) in [7, 11) is -3.65. The number of nitrogens with zero attached hydrogens (tertiary/aromatic N) is 2. The smallest absolute Gasteiger partial charge is 0.317 e. The van der Waals surface area contributed by atoms with Crippen molar-refractivity contribution in [2.75, 3.05) is 32.7 Å². The van der Waals surface area contributed by atoms with Crippen molar-refractivity contribution in [3.63, 3.8) is 0 Å². The number of sulfonamides is 1. The highest BCUT2D eigenvalue weighted by Gasteiger charge is 2.31. The Labute approximate surface area is 164 Å². The summed E-state index contributed by atoms with van der Waals surface area (Å²) in [5.74, 6) is 0. The lowest BCUT2D eigenvalue weighted by molar-refractivity contribution is 0.172. The van der Waals surface area contributed by atoms with Crippen LogP contribution in [-0.4, -0.2) is 56.4 Å². The van der Waals surface area contributed by atoms with E-state index in [1.165, 1.54) is 10.4 Å². The molecule has 0 aromatic heterocycles. The van der Waals surface area contributed by atoms with Gasteiger partial charge in [0.15, 0.2) is 0 Å². The summed E-state index contributed by atoms with van der Waals surface area (Å²) in [4.78, 5) is 14.0. The zero-order chi connectivity index (χ0) is 19.3. The van der Waals surface area contributed by atoms with Gasteiger partial charge >= 0.3 is 6.03 Å². The predicted molar refractivity (Wildman–Crippen MR) is 105 cm³/mol. The molecule has 6 nitrogen and oxygen atoms in total. The number of halogens is 1. The summed E-state index contributed by atoms with van der Waals surface area (Å²) in [6.07, 6.45) is 0.757. The summed E-state index contributed by atoms with van der Waals surface area (Å²) in [5, 5.41) is 3.10. The second kappa shape index (κ2) is 8.73. The number of rotatable bonds is 5. The number of nitrogens with one attached hydrogen (secondary N) is 1. The normalized spacial score (nSPS) is 15.5. The van der Waals surface area contributed by atoms with Gasteiger partial charge in [0, 0.05) is 32.7 Å². The molecule has 1 fully saturated rings. The van der Waals surface area contributed by atoms with E-state index in [2.05, 4.69) is 5.32 Å². The maximum atomic E-state index is 12.7. The average Bonchev–Trinajstić information content (AvgIpc) is 2.69. The second-order valence-corrected chi connectivity index (χ2v) is 8.60. The minimum Gasteiger partial charge on any atom is -0.338 e. The number of benzene rings is 2. The molecule has 2 amide bonds. The van der Waals surface area contributed by atoms with E-state index in [-0.39, 0.29) is 29.0 Å². The maximum absolute atomic E-state index is 12.7. The number of hydrogen-bond acceptors (Lipinski definition) is 3. The molecule has 0 unspecified atom stereocenters. The van der Waals surface area contributed by atoms with Gasteiger partial charge in [-0.1, -0.05) is 54.1 Å². The molecule has 0 spiro atoms. The topological polar surface area (TPSA) is 69.7 Å². The van der Waals surface area contributed by atoms with Crippen molar-refractivity contribution in [1.82, 2.24) is 14.5 Å². The van der Waals surface area contributed by atoms with Crippen LogP contribution in [0.3, 0.4) is 0 Å². The highest BCUT2D eigenvalue weighted by molar-refractivity contribution is 7.89. The Morgan fingerprint density at radius 2 is 1.59 bits per heavy atom. The third-order valence-corrected chi connectivity index (χ3v) is 6.91. The first kappa shape index (κ1) is 19.7. The van der Waals surface area contributed by atoms with Gasteiger partial charge in [-0.15, -0.1) is 0 Å². The van der Waals surface area contributed by atoms with Crippen LogP contribution in [0.2, 0.25) is 5.02 Å². The third kappa shape index (κ3) is 4.80. The van der Waals surface area contributed by atoms with Crippen molar-refractivity contribution >= 4 is 27.7 Å². The molecule has 2 aromatic rings.